The molecule has 0 atom stereocenters. The van der Waals surface area contributed by atoms with E-state index in [9.17, 15) is 0 Å². The number of nitrogens with one attached hydrogen (secondary N) is 2. The van der Waals surface area contributed by atoms with Gasteiger partial charge in [-0.05, 0) is 93.5 Å². The van der Waals surface area contributed by atoms with Gasteiger partial charge in [0.2, 0.25) is 0 Å². The Hall–Kier alpha value is -5.60. The molecule has 224 valence electrons. The normalized spacial score (nSPS) is 12.8. The molecule has 1 aliphatic carbocycles. The Balaban J connectivity index is 1.18. The van der Waals surface area contributed by atoms with E-state index in [1.807, 2.05) is 42.5 Å². The zero-order chi connectivity index (χ0) is 31.6. The van der Waals surface area contributed by atoms with Crippen molar-refractivity contribution in [2.45, 2.75) is 25.7 Å². The van der Waals surface area contributed by atoms with Gasteiger partial charge in [-0.15, -0.1) is 0 Å². The number of hydrogen-bond acceptors (Lipinski definition) is 2. The van der Waals surface area contributed by atoms with E-state index in [-0.39, 0.29) is 0 Å². The molecular formula is C44H38N2. The molecule has 1 aliphatic rings. The van der Waals surface area contributed by atoms with Crippen LogP contribution in [0.2, 0.25) is 0 Å². The lowest BCUT2D eigenvalue weighted by Gasteiger charge is -2.15. The van der Waals surface area contributed by atoms with Gasteiger partial charge in [-0.25, -0.2) is 0 Å². The maximum absolute atomic E-state index is 8.59. The van der Waals surface area contributed by atoms with Gasteiger partial charge in [0.05, 0.1) is 11.4 Å². The van der Waals surface area contributed by atoms with Crippen LogP contribution in [0, 0.1) is 10.8 Å². The molecule has 6 rings (SSSR count). The third-order valence-corrected chi connectivity index (χ3v) is 8.35. The fourth-order valence-electron chi connectivity index (χ4n) is 5.84. The van der Waals surface area contributed by atoms with E-state index in [4.69, 9.17) is 10.8 Å². The minimum Gasteiger partial charge on any atom is -0.300 e. The van der Waals surface area contributed by atoms with Crippen LogP contribution >= 0.6 is 0 Å². The van der Waals surface area contributed by atoms with E-state index < -0.39 is 0 Å². The number of benzene rings is 5. The van der Waals surface area contributed by atoms with Crippen LogP contribution in [-0.4, -0.2) is 11.4 Å². The van der Waals surface area contributed by atoms with Crippen LogP contribution in [-0.2, 0) is 6.42 Å². The third-order valence-electron chi connectivity index (χ3n) is 8.35. The maximum Gasteiger partial charge on any atom is 0.0609 e. The highest BCUT2D eigenvalue weighted by Gasteiger charge is 2.12. The van der Waals surface area contributed by atoms with Gasteiger partial charge >= 0.3 is 0 Å². The first-order valence-electron chi connectivity index (χ1n) is 16.0. The summed E-state index contributed by atoms with van der Waals surface area (Å²) in [6, 6.07) is 44.1. The molecule has 0 fully saturated rings. The molecule has 2 heteroatoms. The molecule has 2 N–H and O–H groups in total. The molecule has 0 radical (unpaired) electrons. The van der Waals surface area contributed by atoms with E-state index in [1.54, 1.807) is 0 Å². The second-order valence-electron chi connectivity index (χ2n) is 11.5. The fourth-order valence-corrected chi connectivity index (χ4v) is 5.84. The Kier molecular flexibility index (Phi) is 9.87. The Bertz CT molecular complexity index is 1940. The Morgan fingerprint density at radius 2 is 1.00 bits per heavy atom. The van der Waals surface area contributed by atoms with Crippen molar-refractivity contribution in [1.82, 2.24) is 0 Å². The summed E-state index contributed by atoms with van der Waals surface area (Å²) in [7, 11) is 0. The Morgan fingerprint density at radius 1 is 0.500 bits per heavy atom. The van der Waals surface area contributed by atoms with Crippen molar-refractivity contribution in [3.05, 3.63) is 192 Å². The molecule has 0 aliphatic heterocycles. The molecule has 0 spiro atoms. The van der Waals surface area contributed by atoms with Crippen LogP contribution in [0.25, 0.3) is 33.4 Å². The fraction of sp³-hybridized carbons (Fsp3) is 0.0909. The van der Waals surface area contributed by atoms with E-state index in [0.29, 0.717) is 11.4 Å². The van der Waals surface area contributed by atoms with Crippen molar-refractivity contribution in [1.29, 1.82) is 10.8 Å². The molecule has 0 aromatic heterocycles. The molecule has 2 nitrogen and oxygen atoms in total. The summed E-state index contributed by atoms with van der Waals surface area (Å²) in [5, 5.41) is 16.9. The monoisotopic (exact) mass is 594 g/mol. The average Bonchev–Trinajstić information content (AvgIpc) is 3.13. The molecule has 0 saturated heterocycles. The quantitative estimate of drug-likeness (QED) is 0.143. The van der Waals surface area contributed by atoms with Gasteiger partial charge in [0.25, 0.3) is 0 Å². The van der Waals surface area contributed by atoms with E-state index in [2.05, 4.69) is 127 Å². The van der Waals surface area contributed by atoms with E-state index >= 15 is 0 Å². The lowest BCUT2D eigenvalue weighted by Crippen LogP contribution is -1.95. The summed E-state index contributed by atoms with van der Waals surface area (Å²) in [6.45, 7) is 0. The van der Waals surface area contributed by atoms with Crippen LogP contribution in [0.15, 0.2) is 175 Å². The molecule has 0 saturated carbocycles. The van der Waals surface area contributed by atoms with Crippen molar-refractivity contribution in [3.8, 4) is 33.4 Å². The van der Waals surface area contributed by atoms with Crippen molar-refractivity contribution >= 4 is 11.4 Å². The Morgan fingerprint density at radius 3 is 1.57 bits per heavy atom. The first-order valence-corrected chi connectivity index (χ1v) is 16.0. The first kappa shape index (κ1) is 30.4. The molecule has 0 unspecified atom stereocenters. The molecule has 5 aromatic rings. The van der Waals surface area contributed by atoms with Crippen LogP contribution in [0.1, 0.15) is 36.0 Å². The second-order valence-corrected chi connectivity index (χ2v) is 11.5. The van der Waals surface area contributed by atoms with Crippen molar-refractivity contribution in [2.75, 3.05) is 0 Å². The van der Waals surface area contributed by atoms with E-state index in [0.717, 1.165) is 42.4 Å². The van der Waals surface area contributed by atoms with Crippen LogP contribution in [0.3, 0.4) is 0 Å². The highest BCUT2D eigenvalue weighted by Crippen LogP contribution is 2.38. The highest BCUT2D eigenvalue weighted by molar-refractivity contribution is 6.07. The molecule has 5 aromatic carbocycles. The smallest absolute Gasteiger partial charge is 0.0609 e. The van der Waals surface area contributed by atoms with Gasteiger partial charge < -0.3 is 10.8 Å². The van der Waals surface area contributed by atoms with Crippen LogP contribution in [0.5, 0.6) is 0 Å². The summed E-state index contributed by atoms with van der Waals surface area (Å²) in [6.07, 6.45) is 18.5. The zero-order valence-corrected chi connectivity index (χ0v) is 26.0. The predicted molar refractivity (Wildman–Crippen MR) is 196 cm³/mol. The number of allylic oxidation sites excluding steroid dienone is 8. The van der Waals surface area contributed by atoms with Gasteiger partial charge in [0, 0.05) is 0 Å². The minimum atomic E-state index is 0.523. The van der Waals surface area contributed by atoms with Crippen LogP contribution < -0.4 is 0 Å². The predicted octanol–water partition coefficient (Wildman–Crippen LogP) is 11.4. The standard InChI is InChI=1S/C44H38N2/c45-43(37-17-5-2-6-18-37)23-12-16-34-25-27-35(28-26-34)39-19-7-9-21-41(39)42-22-10-8-20-40(42)36-29-31-38(32-30-36)44(46)24-11-15-33-13-3-1-4-14-33/h2-3,5-14,17-32,45-46H,1,4,15-16H2/b23-12-,24-11-,45-43?,46-44?. The Labute approximate surface area is 272 Å². The lowest BCUT2D eigenvalue weighted by atomic mass is 9.89. The van der Waals surface area contributed by atoms with Gasteiger partial charge in [-0.2, -0.15) is 0 Å². The van der Waals surface area contributed by atoms with Gasteiger partial charge in [-0.1, -0.05) is 158 Å². The second kappa shape index (κ2) is 14.9. The average molecular weight is 595 g/mol. The summed E-state index contributed by atoms with van der Waals surface area (Å²) < 4.78 is 0. The maximum atomic E-state index is 8.59. The van der Waals surface area contributed by atoms with Gasteiger partial charge in [0.1, 0.15) is 0 Å². The SMILES string of the molecule is N=C(/C=C\Cc1ccc(-c2ccccc2-c2ccccc2-c2ccc(C(=N)/C=C\CC3=CCCC=C3)cc2)cc1)c1ccccc1. The topological polar surface area (TPSA) is 47.7 Å². The van der Waals surface area contributed by atoms with Crippen molar-refractivity contribution in [2.24, 2.45) is 0 Å². The molecule has 0 bridgehead atoms. The summed E-state index contributed by atoms with van der Waals surface area (Å²) >= 11 is 0. The highest BCUT2D eigenvalue weighted by atomic mass is 14.4. The summed E-state index contributed by atoms with van der Waals surface area (Å²) in [4.78, 5) is 0. The van der Waals surface area contributed by atoms with E-state index in [1.165, 1.54) is 39.0 Å². The summed E-state index contributed by atoms with van der Waals surface area (Å²) in [5.74, 6) is 0. The first-order chi connectivity index (χ1) is 22.7. The van der Waals surface area contributed by atoms with Crippen molar-refractivity contribution in [3.63, 3.8) is 0 Å². The minimum absolute atomic E-state index is 0.523. The third kappa shape index (κ3) is 7.54. The number of rotatable bonds is 11. The van der Waals surface area contributed by atoms with Gasteiger partial charge in [-0.3, -0.25) is 0 Å². The van der Waals surface area contributed by atoms with Gasteiger partial charge in [0.15, 0.2) is 0 Å². The molecular weight excluding hydrogens is 556 g/mol. The molecule has 0 amide bonds. The molecule has 0 heterocycles. The molecule has 46 heavy (non-hydrogen) atoms. The van der Waals surface area contributed by atoms with Crippen molar-refractivity contribution < 1.29 is 0 Å². The number of hydrogen-bond donors (Lipinski definition) is 2. The largest absolute Gasteiger partial charge is 0.300 e. The zero-order valence-electron chi connectivity index (χ0n) is 26.0. The van der Waals surface area contributed by atoms with Crippen LogP contribution in [0.4, 0.5) is 0 Å². The summed E-state index contributed by atoms with van der Waals surface area (Å²) in [5.41, 5.74) is 12.5. The lowest BCUT2D eigenvalue weighted by molar-refractivity contribution is 1.00.